The second-order valence-electron chi connectivity index (χ2n) is 3.57. The molecule has 6 nitrogen and oxygen atoms in total. The third-order valence-corrected chi connectivity index (χ3v) is 2.72. The number of hydrogen-bond donors (Lipinski definition) is 1. The van der Waals surface area contributed by atoms with Gasteiger partial charge in [-0.1, -0.05) is 11.6 Å². The predicted molar refractivity (Wildman–Crippen MR) is 72.2 cm³/mol. The van der Waals surface area contributed by atoms with Crippen molar-refractivity contribution < 1.29 is 28.9 Å². The molecule has 0 atom stereocenters. The molecule has 0 aliphatic heterocycles. The number of halogens is 1. The number of benzene rings is 1. The lowest BCUT2D eigenvalue weighted by atomic mass is 10.1. The molecule has 0 bridgehead atoms. The molecule has 1 N–H and O–H groups in total. The molecule has 0 radical (unpaired) electrons. The fourth-order valence-corrected chi connectivity index (χ4v) is 1.66. The van der Waals surface area contributed by atoms with Gasteiger partial charge in [0.1, 0.15) is 5.76 Å². The van der Waals surface area contributed by atoms with E-state index in [2.05, 4.69) is 4.74 Å². The summed E-state index contributed by atoms with van der Waals surface area (Å²) in [6.45, 7) is 0. The van der Waals surface area contributed by atoms with Crippen LogP contribution in [0.1, 0.15) is 5.56 Å². The van der Waals surface area contributed by atoms with Gasteiger partial charge in [0, 0.05) is 17.7 Å². The largest absolute Gasteiger partial charge is 0.507 e. The van der Waals surface area contributed by atoms with Gasteiger partial charge in [-0.3, -0.25) is 4.79 Å². The second kappa shape index (κ2) is 6.81. The maximum absolute atomic E-state index is 11.3. The number of methoxy groups -OCH3 is 3. The van der Waals surface area contributed by atoms with Crippen LogP contribution >= 0.6 is 11.6 Å². The molecule has 0 amide bonds. The predicted octanol–water partition coefficient (Wildman–Crippen LogP) is 2.00. The third kappa shape index (κ3) is 3.42. The van der Waals surface area contributed by atoms with Gasteiger partial charge >= 0.3 is 5.97 Å². The quantitative estimate of drug-likeness (QED) is 0.388. The molecule has 0 spiro atoms. The minimum absolute atomic E-state index is 0.126. The lowest BCUT2D eigenvalue weighted by molar-refractivity contribution is -0.149. The molecule has 0 aromatic heterocycles. The van der Waals surface area contributed by atoms with Crippen molar-refractivity contribution in [1.82, 2.24) is 0 Å². The maximum Gasteiger partial charge on any atom is 0.378 e. The first-order chi connectivity index (χ1) is 9.44. The van der Waals surface area contributed by atoms with Crippen LogP contribution in [0.2, 0.25) is 5.02 Å². The van der Waals surface area contributed by atoms with E-state index in [-0.39, 0.29) is 10.6 Å². The number of aliphatic hydroxyl groups excluding tert-OH is 1. The second-order valence-corrected chi connectivity index (χ2v) is 3.98. The Morgan fingerprint density at radius 1 is 1.15 bits per heavy atom. The highest BCUT2D eigenvalue weighted by Gasteiger charge is 2.16. The van der Waals surface area contributed by atoms with Crippen molar-refractivity contribution in [3.8, 4) is 11.5 Å². The average molecular weight is 301 g/mol. The zero-order valence-electron chi connectivity index (χ0n) is 11.1. The zero-order chi connectivity index (χ0) is 15.3. The van der Waals surface area contributed by atoms with Gasteiger partial charge in [-0.05, 0) is 6.07 Å². The minimum atomic E-state index is -1.09. The van der Waals surface area contributed by atoms with Crippen LogP contribution in [0.5, 0.6) is 11.5 Å². The Morgan fingerprint density at radius 3 is 2.20 bits per heavy atom. The third-order valence-electron chi connectivity index (χ3n) is 2.40. The van der Waals surface area contributed by atoms with Gasteiger partial charge in [0.05, 0.1) is 26.4 Å². The summed E-state index contributed by atoms with van der Waals surface area (Å²) in [5, 5.41) is 9.98. The molecule has 0 aliphatic rings. The van der Waals surface area contributed by atoms with E-state index in [1.54, 1.807) is 0 Å². The summed E-state index contributed by atoms with van der Waals surface area (Å²) in [7, 11) is 3.91. The van der Waals surface area contributed by atoms with Crippen LogP contribution in [0, 0.1) is 0 Å². The van der Waals surface area contributed by atoms with Crippen molar-refractivity contribution in [3.63, 3.8) is 0 Å². The number of esters is 1. The molecule has 1 aromatic carbocycles. The summed E-state index contributed by atoms with van der Waals surface area (Å²) in [6.07, 6.45) is 0.721. The van der Waals surface area contributed by atoms with Gasteiger partial charge in [-0.25, -0.2) is 4.79 Å². The van der Waals surface area contributed by atoms with Crippen LogP contribution in [-0.4, -0.2) is 38.2 Å². The van der Waals surface area contributed by atoms with Crippen molar-refractivity contribution in [3.05, 3.63) is 28.8 Å². The van der Waals surface area contributed by atoms with Gasteiger partial charge in [0.15, 0.2) is 11.5 Å². The summed E-state index contributed by atoms with van der Waals surface area (Å²) in [5.74, 6) is -1.89. The van der Waals surface area contributed by atoms with Gasteiger partial charge in [0.25, 0.3) is 5.78 Å². The van der Waals surface area contributed by atoms with E-state index in [0.717, 1.165) is 13.2 Å². The van der Waals surface area contributed by atoms with Crippen LogP contribution < -0.4 is 9.47 Å². The number of carbonyl (C=O) groups is 2. The number of aliphatic hydroxyl groups is 1. The fraction of sp³-hybridized carbons (Fsp3) is 0.231. The highest BCUT2D eigenvalue weighted by Crippen LogP contribution is 2.35. The SMILES string of the molecule is COC(=O)C(=O)/C=C(\O)c1cc(OC)c(OC)cc1Cl. The van der Waals surface area contributed by atoms with E-state index < -0.39 is 17.5 Å². The maximum atomic E-state index is 11.3. The van der Waals surface area contributed by atoms with Crippen LogP contribution in [0.15, 0.2) is 18.2 Å². The lowest BCUT2D eigenvalue weighted by Crippen LogP contribution is -2.13. The molecule has 7 heteroatoms. The molecule has 0 saturated heterocycles. The summed E-state index contributed by atoms with van der Waals surface area (Å²) >= 11 is 5.97. The van der Waals surface area contributed by atoms with E-state index in [1.165, 1.54) is 26.4 Å². The number of carbonyl (C=O) groups excluding carboxylic acids is 2. The standard InChI is InChI=1S/C13H13ClO6/c1-18-11-4-7(8(14)5-12(11)19-2)9(15)6-10(16)13(17)20-3/h4-6,15H,1-3H3/b9-6-. The molecular weight excluding hydrogens is 288 g/mol. The van der Waals surface area contributed by atoms with Gasteiger partial charge in [-0.15, -0.1) is 0 Å². The number of ether oxygens (including phenoxy) is 3. The summed E-state index contributed by atoms with van der Waals surface area (Å²) in [5.41, 5.74) is 0.126. The molecule has 1 aromatic rings. The highest BCUT2D eigenvalue weighted by molar-refractivity contribution is 6.39. The van der Waals surface area contributed by atoms with Gasteiger partial charge in [-0.2, -0.15) is 0 Å². The zero-order valence-corrected chi connectivity index (χ0v) is 11.9. The Balaban J connectivity index is 3.22. The number of ketones is 1. The van der Waals surface area contributed by atoms with E-state index >= 15 is 0 Å². The Hall–Kier alpha value is -2.21. The van der Waals surface area contributed by atoms with Crippen LogP contribution in [0.4, 0.5) is 0 Å². The van der Waals surface area contributed by atoms with Crippen LogP contribution in [0.25, 0.3) is 5.76 Å². The lowest BCUT2D eigenvalue weighted by Gasteiger charge is -2.11. The topological polar surface area (TPSA) is 82.1 Å². The summed E-state index contributed by atoms with van der Waals surface area (Å²) < 4.78 is 14.3. The molecule has 0 saturated carbocycles. The van der Waals surface area contributed by atoms with E-state index in [9.17, 15) is 14.7 Å². The Morgan fingerprint density at radius 2 is 1.70 bits per heavy atom. The summed E-state index contributed by atoms with van der Waals surface area (Å²) in [6, 6.07) is 2.81. The summed E-state index contributed by atoms with van der Waals surface area (Å²) in [4.78, 5) is 22.3. The van der Waals surface area contributed by atoms with Crippen molar-refractivity contribution >= 4 is 29.1 Å². The van der Waals surface area contributed by atoms with Gasteiger partial charge < -0.3 is 19.3 Å². The fourth-order valence-electron chi connectivity index (χ4n) is 1.41. The molecule has 20 heavy (non-hydrogen) atoms. The molecule has 1 rings (SSSR count). The first-order valence-electron chi connectivity index (χ1n) is 5.39. The van der Waals surface area contributed by atoms with Crippen LogP contribution in [-0.2, 0) is 14.3 Å². The number of rotatable bonds is 5. The van der Waals surface area contributed by atoms with Crippen molar-refractivity contribution in [1.29, 1.82) is 0 Å². The van der Waals surface area contributed by atoms with Crippen molar-refractivity contribution in [2.75, 3.05) is 21.3 Å². The molecular formula is C13H13ClO6. The molecule has 0 aliphatic carbocycles. The monoisotopic (exact) mass is 300 g/mol. The first-order valence-corrected chi connectivity index (χ1v) is 5.77. The molecule has 0 unspecified atom stereocenters. The Bertz CT molecular complexity index is 564. The smallest absolute Gasteiger partial charge is 0.378 e. The van der Waals surface area contributed by atoms with E-state index in [4.69, 9.17) is 21.1 Å². The first kappa shape index (κ1) is 15.8. The van der Waals surface area contributed by atoms with Crippen molar-refractivity contribution in [2.45, 2.75) is 0 Å². The normalized spacial score (nSPS) is 10.9. The number of hydrogen-bond acceptors (Lipinski definition) is 6. The molecule has 0 fully saturated rings. The molecule has 0 heterocycles. The Kier molecular flexibility index (Phi) is 5.40. The van der Waals surface area contributed by atoms with Crippen LogP contribution in [0.3, 0.4) is 0 Å². The highest BCUT2D eigenvalue weighted by atomic mass is 35.5. The Labute approximate surface area is 120 Å². The molecule has 108 valence electrons. The van der Waals surface area contributed by atoms with E-state index in [0.29, 0.717) is 11.5 Å². The minimum Gasteiger partial charge on any atom is -0.507 e. The van der Waals surface area contributed by atoms with Crippen molar-refractivity contribution in [2.24, 2.45) is 0 Å². The van der Waals surface area contributed by atoms with Gasteiger partial charge in [0.2, 0.25) is 0 Å². The van der Waals surface area contributed by atoms with E-state index in [1.807, 2.05) is 0 Å². The average Bonchev–Trinajstić information content (AvgIpc) is 2.45.